The summed E-state index contributed by atoms with van der Waals surface area (Å²) in [6.07, 6.45) is -1.10. The Morgan fingerprint density at radius 2 is 2.17 bits per heavy atom. The van der Waals surface area contributed by atoms with Crippen LogP contribution in [0.15, 0.2) is 23.3 Å². The van der Waals surface area contributed by atoms with Crippen LogP contribution in [0.3, 0.4) is 0 Å². The summed E-state index contributed by atoms with van der Waals surface area (Å²) in [7, 11) is 0. The Kier molecular flexibility index (Phi) is 3.62. The van der Waals surface area contributed by atoms with E-state index in [0.717, 1.165) is 12.0 Å². The van der Waals surface area contributed by atoms with Gasteiger partial charge in [0.1, 0.15) is 6.10 Å². The van der Waals surface area contributed by atoms with Crippen LogP contribution in [-0.4, -0.2) is 28.6 Å². The predicted octanol–water partition coefficient (Wildman–Crippen LogP) is 1.52. The van der Waals surface area contributed by atoms with Gasteiger partial charge in [-0.15, -0.1) is 0 Å². The Morgan fingerprint density at radius 3 is 2.89 bits per heavy atom. The van der Waals surface area contributed by atoms with Gasteiger partial charge >= 0.3 is 0 Å². The minimum absolute atomic E-state index is 0.0589. The normalized spacial score (nSPS) is 16.9. The van der Waals surface area contributed by atoms with Crippen molar-refractivity contribution < 1.29 is 15.0 Å². The molecule has 0 spiro atoms. The highest BCUT2D eigenvalue weighted by atomic mass is 16.3. The van der Waals surface area contributed by atoms with Gasteiger partial charge in [-0.2, -0.15) is 0 Å². The van der Waals surface area contributed by atoms with Crippen LogP contribution in [-0.2, 0) is 6.42 Å². The molecule has 0 aromatic heterocycles. The fraction of sp³-hybridized carbons (Fsp3) is 0.417. The summed E-state index contributed by atoms with van der Waals surface area (Å²) in [6, 6.07) is 5.08. The third kappa shape index (κ3) is 2.36. The molecule has 0 bridgehead atoms. The SMILES string of the molecule is [N-]=[N+]=NCC(O)C(O)c1ccc2c(c1)C(=O)CC2. The van der Waals surface area contributed by atoms with E-state index in [1.54, 1.807) is 18.2 Å². The van der Waals surface area contributed by atoms with Gasteiger partial charge in [0, 0.05) is 16.9 Å². The maximum atomic E-state index is 11.6. The number of benzene rings is 1. The number of carbonyl (C=O) groups excluding carboxylic acids is 1. The molecule has 94 valence electrons. The number of azide groups is 1. The maximum absolute atomic E-state index is 11.6. The molecule has 1 aromatic rings. The van der Waals surface area contributed by atoms with Gasteiger partial charge < -0.3 is 10.2 Å². The quantitative estimate of drug-likeness (QED) is 0.478. The van der Waals surface area contributed by atoms with E-state index >= 15 is 0 Å². The summed E-state index contributed by atoms with van der Waals surface area (Å²) >= 11 is 0. The molecule has 0 fully saturated rings. The summed E-state index contributed by atoms with van der Waals surface area (Å²) < 4.78 is 0. The third-order valence-corrected chi connectivity index (χ3v) is 3.09. The first-order valence-electron chi connectivity index (χ1n) is 5.66. The van der Waals surface area contributed by atoms with Crippen molar-refractivity contribution in [1.82, 2.24) is 0 Å². The van der Waals surface area contributed by atoms with Crippen molar-refractivity contribution in [2.75, 3.05) is 6.54 Å². The smallest absolute Gasteiger partial charge is 0.163 e. The number of carbonyl (C=O) groups is 1. The predicted molar refractivity (Wildman–Crippen MR) is 64.1 cm³/mol. The lowest BCUT2D eigenvalue weighted by Crippen LogP contribution is -2.21. The molecule has 2 unspecified atom stereocenters. The molecule has 2 atom stereocenters. The fourth-order valence-electron chi connectivity index (χ4n) is 2.08. The van der Waals surface area contributed by atoms with Crippen LogP contribution in [0.4, 0.5) is 0 Å². The Bertz CT molecular complexity index is 523. The molecule has 0 heterocycles. The topological polar surface area (TPSA) is 106 Å². The van der Waals surface area contributed by atoms with Crippen LogP contribution in [0.25, 0.3) is 10.4 Å². The zero-order valence-corrected chi connectivity index (χ0v) is 9.65. The molecule has 0 aliphatic heterocycles. The Morgan fingerprint density at radius 1 is 1.39 bits per heavy atom. The first-order valence-corrected chi connectivity index (χ1v) is 5.66. The maximum Gasteiger partial charge on any atom is 0.163 e. The van der Waals surface area contributed by atoms with Crippen LogP contribution < -0.4 is 0 Å². The summed E-state index contributed by atoms with van der Waals surface area (Å²) in [5, 5.41) is 22.7. The van der Waals surface area contributed by atoms with E-state index in [0.29, 0.717) is 17.5 Å². The van der Waals surface area contributed by atoms with Gasteiger partial charge in [0.2, 0.25) is 0 Å². The molecule has 0 amide bonds. The molecule has 0 saturated heterocycles. The second-order valence-corrected chi connectivity index (χ2v) is 4.27. The van der Waals surface area contributed by atoms with E-state index in [1.165, 1.54) is 0 Å². The van der Waals surface area contributed by atoms with E-state index in [2.05, 4.69) is 10.0 Å². The second kappa shape index (κ2) is 5.18. The summed E-state index contributed by atoms with van der Waals surface area (Å²) in [5.41, 5.74) is 10.2. The number of hydrogen-bond acceptors (Lipinski definition) is 4. The van der Waals surface area contributed by atoms with Crippen LogP contribution in [0.5, 0.6) is 0 Å². The lowest BCUT2D eigenvalue weighted by molar-refractivity contribution is 0.0244. The fourth-order valence-corrected chi connectivity index (χ4v) is 2.08. The molecular formula is C12H13N3O3. The molecule has 6 nitrogen and oxygen atoms in total. The highest BCUT2D eigenvalue weighted by molar-refractivity contribution is 6.00. The van der Waals surface area contributed by atoms with Gasteiger partial charge in [0.05, 0.1) is 12.6 Å². The van der Waals surface area contributed by atoms with Crippen LogP contribution >= 0.6 is 0 Å². The van der Waals surface area contributed by atoms with E-state index in [9.17, 15) is 15.0 Å². The van der Waals surface area contributed by atoms with Gasteiger partial charge in [-0.25, -0.2) is 0 Å². The molecule has 2 N–H and O–H groups in total. The first-order chi connectivity index (χ1) is 8.63. The van der Waals surface area contributed by atoms with Crippen LogP contribution in [0.1, 0.15) is 34.0 Å². The van der Waals surface area contributed by atoms with Gasteiger partial charge in [-0.3, -0.25) is 4.79 Å². The van der Waals surface area contributed by atoms with E-state index in [4.69, 9.17) is 5.53 Å². The average molecular weight is 247 g/mol. The number of Topliss-reactive ketones (excluding diaryl/α,β-unsaturated/α-hetero) is 1. The molecule has 6 heteroatoms. The monoisotopic (exact) mass is 247 g/mol. The molecule has 1 aliphatic carbocycles. The minimum Gasteiger partial charge on any atom is -0.390 e. The van der Waals surface area contributed by atoms with Crippen LogP contribution in [0, 0.1) is 0 Å². The zero-order chi connectivity index (χ0) is 13.1. The molecule has 1 aromatic carbocycles. The van der Waals surface area contributed by atoms with Crippen molar-refractivity contribution in [2.45, 2.75) is 25.0 Å². The number of aliphatic hydroxyl groups excluding tert-OH is 2. The van der Waals surface area contributed by atoms with Crippen molar-refractivity contribution in [3.63, 3.8) is 0 Å². The van der Waals surface area contributed by atoms with Crippen molar-refractivity contribution in [3.05, 3.63) is 45.3 Å². The molecule has 18 heavy (non-hydrogen) atoms. The number of ketones is 1. The van der Waals surface area contributed by atoms with Gasteiger partial charge in [-0.1, -0.05) is 17.2 Å². The summed E-state index contributed by atoms with van der Waals surface area (Å²) in [4.78, 5) is 14.1. The first kappa shape index (κ1) is 12.6. The standard InChI is InChI=1S/C12H13N3O3/c13-15-14-6-11(17)12(18)8-2-1-7-3-4-10(16)9(7)5-8/h1-2,5,11-12,17-18H,3-4,6H2. The van der Waals surface area contributed by atoms with Crippen LogP contribution in [0.2, 0.25) is 0 Å². The van der Waals surface area contributed by atoms with Crippen molar-refractivity contribution in [1.29, 1.82) is 0 Å². The van der Waals surface area contributed by atoms with Crippen molar-refractivity contribution in [2.24, 2.45) is 5.11 Å². The minimum atomic E-state index is -1.17. The second-order valence-electron chi connectivity index (χ2n) is 4.27. The van der Waals surface area contributed by atoms with Gasteiger partial charge in [0.25, 0.3) is 0 Å². The highest BCUT2D eigenvalue weighted by Gasteiger charge is 2.23. The Balaban J connectivity index is 2.21. The highest BCUT2D eigenvalue weighted by Crippen LogP contribution is 2.26. The number of rotatable bonds is 4. The molecular weight excluding hydrogens is 234 g/mol. The average Bonchev–Trinajstić information content (AvgIpc) is 2.76. The number of aryl methyl sites for hydroxylation is 1. The molecule has 2 rings (SSSR count). The van der Waals surface area contributed by atoms with Crippen molar-refractivity contribution in [3.8, 4) is 0 Å². The zero-order valence-electron chi connectivity index (χ0n) is 9.65. The Hall–Kier alpha value is -1.88. The molecule has 0 saturated carbocycles. The largest absolute Gasteiger partial charge is 0.390 e. The van der Waals surface area contributed by atoms with E-state index in [1.807, 2.05) is 0 Å². The third-order valence-electron chi connectivity index (χ3n) is 3.09. The lowest BCUT2D eigenvalue weighted by atomic mass is 9.99. The molecule has 1 aliphatic rings. The van der Waals surface area contributed by atoms with Gasteiger partial charge in [-0.05, 0) is 29.1 Å². The van der Waals surface area contributed by atoms with E-state index < -0.39 is 12.2 Å². The van der Waals surface area contributed by atoms with Crippen molar-refractivity contribution >= 4 is 5.78 Å². The number of hydrogen-bond donors (Lipinski definition) is 2. The number of nitrogens with zero attached hydrogens (tertiary/aromatic N) is 3. The lowest BCUT2D eigenvalue weighted by Gasteiger charge is -2.16. The Labute approximate surface area is 103 Å². The number of fused-ring (bicyclic) bond motifs is 1. The summed E-state index contributed by atoms with van der Waals surface area (Å²) in [6.45, 7) is -0.206. The summed E-state index contributed by atoms with van der Waals surface area (Å²) in [5.74, 6) is 0.0589. The molecule has 0 radical (unpaired) electrons. The van der Waals surface area contributed by atoms with Gasteiger partial charge in [0.15, 0.2) is 5.78 Å². The number of aliphatic hydroxyl groups is 2. The van der Waals surface area contributed by atoms with E-state index in [-0.39, 0.29) is 12.3 Å².